The Morgan fingerprint density at radius 1 is 1.22 bits per heavy atom. The van der Waals surface area contributed by atoms with Gasteiger partial charge in [-0.25, -0.2) is 0 Å². The molecule has 1 saturated heterocycles. The van der Waals surface area contributed by atoms with E-state index in [-0.39, 0.29) is 0 Å². The minimum Gasteiger partial charge on any atom is -0.382 e. The molecule has 0 amide bonds. The average Bonchev–Trinajstić information content (AvgIpc) is 2.40. The van der Waals surface area contributed by atoms with E-state index >= 15 is 0 Å². The van der Waals surface area contributed by atoms with Gasteiger partial charge < -0.3 is 10.6 Å². The van der Waals surface area contributed by atoms with Gasteiger partial charge in [-0.1, -0.05) is 12.1 Å². The summed E-state index contributed by atoms with van der Waals surface area (Å²) in [4.78, 5) is 4.22. The number of fused-ring (bicyclic) bond motifs is 1. The van der Waals surface area contributed by atoms with E-state index in [9.17, 15) is 0 Å². The molecule has 2 N–H and O–H groups in total. The largest absolute Gasteiger partial charge is 0.382 e. The first-order valence-electron chi connectivity index (χ1n) is 6.34. The minimum atomic E-state index is 0.567. The van der Waals surface area contributed by atoms with Crippen LogP contribution < -0.4 is 10.6 Å². The quantitative estimate of drug-likeness (QED) is 0.895. The Morgan fingerprint density at radius 2 is 2.06 bits per heavy atom. The van der Waals surface area contributed by atoms with Crippen molar-refractivity contribution in [2.24, 2.45) is 0 Å². The average molecular weight is 306 g/mol. The van der Waals surface area contributed by atoms with Gasteiger partial charge in [0.1, 0.15) is 0 Å². The molecule has 1 fully saturated rings. The molecule has 0 atom stereocenters. The van der Waals surface area contributed by atoms with Gasteiger partial charge in [-0.05, 0) is 47.9 Å². The van der Waals surface area contributed by atoms with E-state index < -0.39 is 0 Å². The Balaban J connectivity index is 1.95. The summed E-state index contributed by atoms with van der Waals surface area (Å²) < 4.78 is 1.05. The van der Waals surface area contributed by atoms with Crippen LogP contribution in [0.15, 0.2) is 35.1 Å². The van der Waals surface area contributed by atoms with Crippen molar-refractivity contribution in [3.8, 4) is 0 Å². The van der Waals surface area contributed by atoms with Gasteiger partial charge in [-0.2, -0.15) is 0 Å². The normalized spacial score (nSPS) is 16.9. The number of hydrogen-bond donors (Lipinski definition) is 2. The number of nitrogens with zero attached hydrogens (tertiary/aromatic N) is 1. The van der Waals surface area contributed by atoms with Crippen molar-refractivity contribution >= 4 is 32.4 Å². The van der Waals surface area contributed by atoms with Crippen LogP contribution >= 0.6 is 15.9 Å². The maximum Gasteiger partial charge on any atom is 0.0457 e. The number of hydrogen-bond acceptors (Lipinski definition) is 3. The summed E-state index contributed by atoms with van der Waals surface area (Å²) in [6.45, 7) is 2.20. The topological polar surface area (TPSA) is 37.0 Å². The molecule has 0 radical (unpaired) electrons. The summed E-state index contributed by atoms with van der Waals surface area (Å²) in [5.41, 5.74) is 1.20. The van der Waals surface area contributed by atoms with Crippen molar-refractivity contribution in [1.29, 1.82) is 0 Å². The third-order valence-electron chi connectivity index (χ3n) is 3.44. The van der Waals surface area contributed by atoms with Crippen LogP contribution in [0.1, 0.15) is 12.8 Å². The Labute approximate surface area is 115 Å². The summed E-state index contributed by atoms with van der Waals surface area (Å²) in [6, 6.07) is 6.90. The molecule has 18 heavy (non-hydrogen) atoms. The first-order valence-corrected chi connectivity index (χ1v) is 7.13. The molecule has 4 heteroatoms. The number of piperidine rings is 1. The van der Waals surface area contributed by atoms with Gasteiger partial charge in [-0.3, -0.25) is 4.98 Å². The van der Waals surface area contributed by atoms with Crippen LogP contribution in [0, 0.1) is 0 Å². The second-order valence-electron chi connectivity index (χ2n) is 4.69. The zero-order chi connectivity index (χ0) is 12.4. The van der Waals surface area contributed by atoms with Crippen LogP contribution in [0.5, 0.6) is 0 Å². The second kappa shape index (κ2) is 5.24. The van der Waals surface area contributed by atoms with Crippen molar-refractivity contribution in [2.45, 2.75) is 18.9 Å². The van der Waals surface area contributed by atoms with Crippen LogP contribution in [0.2, 0.25) is 0 Å². The maximum absolute atomic E-state index is 4.22. The predicted octanol–water partition coefficient (Wildman–Crippen LogP) is 3.16. The van der Waals surface area contributed by atoms with Crippen molar-refractivity contribution in [3.05, 3.63) is 35.1 Å². The van der Waals surface area contributed by atoms with Crippen LogP contribution in [-0.4, -0.2) is 24.1 Å². The Hall–Kier alpha value is -1.13. The fraction of sp³-hybridized carbons (Fsp3) is 0.357. The molecule has 1 aromatic heterocycles. The highest BCUT2D eigenvalue weighted by Crippen LogP contribution is 2.30. The lowest BCUT2D eigenvalue weighted by atomic mass is 10.0. The minimum absolute atomic E-state index is 0.567. The molecule has 1 aliphatic heterocycles. The lowest BCUT2D eigenvalue weighted by Gasteiger charge is -2.25. The standard InChI is InChI=1S/C14H16BrN3/c15-12-9-17-8-10-2-1-3-13(14(10)12)18-11-4-6-16-7-5-11/h1-3,8-9,11,16,18H,4-7H2. The molecule has 94 valence electrons. The van der Waals surface area contributed by atoms with E-state index in [0.717, 1.165) is 17.6 Å². The summed E-state index contributed by atoms with van der Waals surface area (Å²) >= 11 is 3.60. The monoisotopic (exact) mass is 305 g/mol. The van der Waals surface area contributed by atoms with Gasteiger partial charge in [0.05, 0.1) is 0 Å². The molecule has 0 unspecified atom stereocenters. The summed E-state index contributed by atoms with van der Waals surface area (Å²) in [7, 11) is 0. The highest BCUT2D eigenvalue weighted by atomic mass is 79.9. The molecule has 0 aliphatic carbocycles. The zero-order valence-corrected chi connectivity index (χ0v) is 11.7. The van der Waals surface area contributed by atoms with Gasteiger partial charge in [0.15, 0.2) is 0 Å². The van der Waals surface area contributed by atoms with E-state index in [0.29, 0.717) is 6.04 Å². The molecule has 2 heterocycles. The van der Waals surface area contributed by atoms with Gasteiger partial charge in [0, 0.05) is 39.4 Å². The van der Waals surface area contributed by atoms with Gasteiger partial charge in [0.25, 0.3) is 0 Å². The summed E-state index contributed by atoms with van der Waals surface area (Å²) in [6.07, 6.45) is 6.13. The molecular weight excluding hydrogens is 290 g/mol. The van der Waals surface area contributed by atoms with Gasteiger partial charge in [0.2, 0.25) is 0 Å². The first kappa shape index (κ1) is 11.9. The van der Waals surface area contributed by atoms with Crippen LogP contribution in [0.4, 0.5) is 5.69 Å². The third kappa shape index (κ3) is 2.35. The van der Waals surface area contributed by atoms with E-state index in [1.807, 2.05) is 12.4 Å². The van der Waals surface area contributed by atoms with Gasteiger partial charge >= 0.3 is 0 Å². The third-order valence-corrected chi connectivity index (χ3v) is 4.04. The van der Waals surface area contributed by atoms with Crippen LogP contribution in [-0.2, 0) is 0 Å². The number of benzene rings is 1. The molecule has 0 saturated carbocycles. The number of rotatable bonds is 2. The number of aromatic nitrogens is 1. The smallest absolute Gasteiger partial charge is 0.0457 e. The fourth-order valence-electron chi connectivity index (χ4n) is 2.50. The maximum atomic E-state index is 4.22. The lowest BCUT2D eigenvalue weighted by molar-refractivity contribution is 0.479. The number of halogens is 1. The highest BCUT2D eigenvalue weighted by Gasteiger charge is 2.14. The molecule has 2 aromatic rings. The molecule has 1 aromatic carbocycles. The van der Waals surface area contributed by atoms with Crippen molar-refractivity contribution in [1.82, 2.24) is 10.3 Å². The summed E-state index contributed by atoms with van der Waals surface area (Å²) in [5, 5.41) is 9.45. The predicted molar refractivity (Wildman–Crippen MR) is 79.0 cm³/mol. The van der Waals surface area contributed by atoms with Crippen molar-refractivity contribution in [3.63, 3.8) is 0 Å². The van der Waals surface area contributed by atoms with Crippen LogP contribution in [0.25, 0.3) is 10.8 Å². The molecule has 1 aliphatic rings. The number of nitrogens with one attached hydrogen (secondary N) is 2. The lowest BCUT2D eigenvalue weighted by Crippen LogP contribution is -2.35. The molecule has 3 rings (SSSR count). The molecule has 3 nitrogen and oxygen atoms in total. The van der Waals surface area contributed by atoms with Crippen molar-refractivity contribution < 1.29 is 0 Å². The highest BCUT2D eigenvalue weighted by molar-refractivity contribution is 9.10. The SMILES string of the molecule is Brc1cncc2cccc(NC3CCNCC3)c12. The zero-order valence-electron chi connectivity index (χ0n) is 10.1. The Morgan fingerprint density at radius 3 is 2.89 bits per heavy atom. The van der Waals surface area contributed by atoms with E-state index in [1.54, 1.807) is 0 Å². The second-order valence-corrected chi connectivity index (χ2v) is 5.55. The fourth-order valence-corrected chi connectivity index (χ4v) is 3.06. The molecule has 0 spiro atoms. The van der Waals surface area contributed by atoms with E-state index in [1.165, 1.54) is 29.3 Å². The Bertz CT molecular complexity index is 544. The van der Waals surface area contributed by atoms with Crippen molar-refractivity contribution in [2.75, 3.05) is 18.4 Å². The van der Waals surface area contributed by atoms with E-state index in [4.69, 9.17) is 0 Å². The number of anilines is 1. The van der Waals surface area contributed by atoms with Crippen LogP contribution in [0.3, 0.4) is 0 Å². The summed E-state index contributed by atoms with van der Waals surface area (Å²) in [5.74, 6) is 0. The van der Waals surface area contributed by atoms with Gasteiger partial charge in [-0.15, -0.1) is 0 Å². The molecule has 0 bridgehead atoms. The number of pyridine rings is 1. The van der Waals surface area contributed by atoms with E-state index in [2.05, 4.69) is 49.7 Å². The molecular formula is C14H16BrN3. The Kier molecular flexibility index (Phi) is 3.48. The first-order chi connectivity index (χ1) is 8.84.